The Morgan fingerprint density at radius 1 is 1.00 bits per heavy atom. The third-order valence-corrected chi connectivity index (χ3v) is 5.03. The fourth-order valence-electron chi connectivity index (χ4n) is 3.35. The van der Waals surface area contributed by atoms with Crippen LogP contribution in [-0.2, 0) is 24.4 Å². The molecule has 0 aliphatic carbocycles. The number of aryl methyl sites for hydroxylation is 1. The first-order chi connectivity index (χ1) is 13.2. The zero-order valence-corrected chi connectivity index (χ0v) is 18.9. The summed E-state index contributed by atoms with van der Waals surface area (Å²) in [6.45, 7) is 5.07. The summed E-state index contributed by atoms with van der Waals surface area (Å²) in [5, 5.41) is 6.76. The highest BCUT2D eigenvalue weighted by Gasteiger charge is 2.20. The topological polar surface area (TPSA) is 56.7 Å². The Morgan fingerprint density at radius 3 is 2.21 bits per heavy atom. The van der Waals surface area contributed by atoms with E-state index in [1.54, 1.807) is 7.05 Å². The number of hydrogen-bond donors (Lipinski definition) is 2. The molecular formula is C22H29IN4O. The Hall–Kier alpha value is -2.09. The third kappa shape index (κ3) is 5.95. The van der Waals surface area contributed by atoms with Gasteiger partial charge in [0.25, 0.3) is 0 Å². The van der Waals surface area contributed by atoms with Crippen LogP contribution in [0.2, 0.25) is 0 Å². The van der Waals surface area contributed by atoms with Gasteiger partial charge < -0.3 is 15.5 Å². The molecule has 5 nitrogen and oxygen atoms in total. The average molecular weight is 492 g/mol. The SMILES string of the molecule is CN=C(NCc1ccccc1C)NCc1ccccc1CN1CCCC1=O.I. The maximum Gasteiger partial charge on any atom is 0.222 e. The van der Waals surface area contributed by atoms with E-state index in [0.29, 0.717) is 19.5 Å². The first-order valence-corrected chi connectivity index (χ1v) is 9.51. The number of halogens is 1. The van der Waals surface area contributed by atoms with Crippen LogP contribution in [0.25, 0.3) is 0 Å². The van der Waals surface area contributed by atoms with Crippen LogP contribution in [0, 0.1) is 6.92 Å². The molecule has 1 amide bonds. The summed E-state index contributed by atoms with van der Waals surface area (Å²) in [4.78, 5) is 18.2. The van der Waals surface area contributed by atoms with Crippen molar-refractivity contribution in [2.24, 2.45) is 4.99 Å². The van der Waals surface area contributed by atoms with Crippen molar-refractivity contribution in [2.45, 2.75) is 39.4 Å². The van der Waals surface area contributed by atoms with Crippen molar-refractivity contribution in [3.63, 3.8) is 0 Å². The van der Waals surface area contributed by atoms with Crippen molar-refractivity contribution in [3.05, 3.63) is 70.8 Å². The molecule has 2 N–H and O–H groups in total. The van der Waals surface area contributed by atoms with E-state index < -0.39 is 0 Å². The lowest BCUT2D eigenvalue weighted by Crippen LogP contribution is -2.36. The van der Waals surface area contributed by atoms with Crippen LogP contribution in [0.1, 0.15) is 35.1 Å². The van der Waals surface area contributed by atoms with Crippen LogP contribution >= 0.6 is 24.0 Å². The third-order valence-electron chi connectivity index (χ3n) is 5.03. The molecule has 1 aliphatic rings. The maximum atomic E-state index is 11.9. The van der Waals surface area contributed by atoms with Gasteiger partial charge in [-0.2, -0.15) is 0 Å². The predicted molar refractivity (Wildman–Crippen MR) is 125 cm³/mol. The quantitative estimate of drug-likeness (QED) is 0.368. The minimum atomic E-state index is 0. The average Bonchev–Trinajstić information content (AvgIpc) is 3.09. The molecule has 1 aliphatic heterocycles. The molecule has 28 heavy (non-hydrogen) atoms. The van der Waals surface area contributed by atoms with Crippen molar-refractivity contribution in [1.29, 1.82) is 0 Å². The largest absolute Gasteiger partial charge is 0.352 e. The summed E-state index contributed by atoms with van der Waals surface area (Å²) >= 11 is 0. The lowest BCUT2D eigenvalue weighted by Gasteiger charge is -2.19. The van der Waals surface area contributed by atoms with E-state index in [1.807, 2.05) is 23.1 Å². The Bertz CT molecular complexity index is 822. The number of rotatable bonds is 6. The second kappa shape index (κ2) is 11.0. The predicted octanol–water partition coefficient (Wildman–Crippen LogP) is 3.60. The van der Waals surface area contributed by atoms with E-state index in [9.17, 15) is 4.79 Å². The zero-order valence-electron chi connectivity index (χ0n) is 16.6. The molecule has 0 saturated carbocycles. The van der Waals surface area contributed by atoms with Gasteiger partial charge in [0, 0.05) is 39.6 Å². The Morgan fingerprint density at radius 2 is 1.61 bits per heavy atom. The standard InChI is InChI=1S/C22H28N4O.HI/c1-17-8-3-4-9-18(17)14-24-22(23-2)25-15-19-10-5-6-11-20(19)16-26-13-7-12-21(26)27;/h3-6,8-11H,7,12-16H2,1-2H3,(H2,23,24,25);1H. The van der Waals surface area contributed by atoms with Gasteiger partial charge in [-0.15, -0.1) is 24.0 Å². The second-order valence-corrected chi connectivity index (χ2v) is 6.89. The van der Waals surface area contributed by atoms with Gasteiger partial charge in [0.2, 0.25) is 5.91 Å². The van der Waals surface area contributed by atoms with Crippen LogP contribution in [-0.4, -0.2) is 30.4 Å². The Balaban J connectivity index is 0.00000280. The molecule has 1 saturated heterocycles. The van der Waals surface area contributed by atoms with Crippen LogP contribution in [0.4, 0.5) is 0 Å². The number of benzene rings is 2. The molecule has 0 atom stereocenters. The summed E-state index contributed by atoms with van der Waals surface area (Å²) in [5.41, 5.74) is 4.90. The summed E-state index contributed by atoms with van der Waals surface area (Å²) < 4.78 is 0. The van der Waals surface area contributed by atoms with Crippen molar-refractivity contribution < 1.29 is 4.79 Å². The Labute approximate surface area is 184 Å². The first-order valence-electron chi connectivity index (χ1n) is 9.51. The van der Waals surface area contributed by atoms with E-state index in [0.717, 1.165) is 25.5 Å². The molecule has 150 valence electrons. The van der Waals surface area contributed by atoms with E-state index in [2.05, 4.69) is 52.9 Å². The van der Waals surface area contributed by atoms with Crippen molar-refractivity contribution >= 4 is 35.8 Å². The molecule has 2 aromatic carbocycles. The summed E-state index contributed by atoms with van der Waals surface area (Å²) in [6.07, 6.45) is 1.64. The molecular weight excluding hydrogens is 463 g/mol. The summed E-state index contributed by atoms with van der Waals surface area (Å²) in [7, 11) is 1.78. The monoisotopic (exact) mass is 492 g/mol. The number of nitrogens with one attached hydrogen (secondary N) is 2. The van der Waals surface area contributed by atoms with Gasteiger partial charge in [0.05, 0.1) is 0 Å². The molecule has 0 radical (unpaired) electrons. The van der Waals surface area contributed by atoms with Gasteiger partial charge in [-0.1, -0.05) is 48.5 Å². The van der Waals surface area contributed by atoms with Crippen LogP contribution in [0.3, 0.4) is 0 Å². The summed E-state index contributed by atoms with van der Waals surface area (Å²) in [5.74, 6) is 1.03. The van der Waals surface area contributed by atoms with Gasteiger partial charge in [0.1, 0.15) is 0 Å². The number of likely N-dealkylation sites (tertiary alicyclic amines) is 1. The van der Waals surface area contributed by atoms with Crippen LogP contribution in [0.15, 0.2) is 53.5 Å². The van der Waals surface area contributed by atoms with E-state index in [-0.39, 0.29) is 29.9 Å². The number of carbonyl (C=O) groups excluding carboxylic acids is 1. The maximum absolute atomic E-state index is 11.9. The molecule has 3 rings (SSSR count). The fourth-order valence-corrected chi connectivity index (χ4v) is 3.35. The lowest BCUT2D eigenvalue weighted by molar-refractivity contribution is -0.128. The van der Waals surface area contributed by atoms with Gasteiger partial charge in [-0.25, -0.2) is 0 Å². The Kier molecular flexibility index (Phi) is 8.76. The number of hydrogen-bond acceptors (Lipinski definition) is 2. The van der Waals surface area contributed by atoms with Crippen LogP contribution in [0.5, 0.6) is 0 Å². The molecule has 0 unspecified atom stereocenters. The second-order valence-electron chi connectivity index (χ2n) is 6.89. The van der Waals surface area contributed by atoms with E-state index in [4.69, 9.17) is 0 Å². The zero-order chi connectivity index (χ0) is 19.1. The molecule has 1 heterocycles. The van der Waals surface area contributed by atoms with Crippen molar-refractivity contribution in [3.8, 4) is 0 Å². The number of amides is 1. The molecule has 0 spiro atoms. The van der Waals surface area contributed by atoms with E-state index >= 15 is 0 Å². The number of aliphatic imine (C=N–C) groups is 1. The number of carbonyl (C=O) groups is 1. The number of nitrogens with zero attached hydrogens (tertiary/aromatic N) is 2. The highest BCUT2D eigenvalue weighted by molar-refractivity contribution is 14.0. The van der Waals surface area contributed by atoms with Crippen molar-refractivity contribution in [2.75, 3.05) is 13.6 Å². The highest BCUT2D eigenvalue weighted by atomic mass is 127. The van der Waals surface area contributed by atoms with Gasteiger partial charge in [-0.05, 0) is 35.6 Å². The number of guanidine groups is 1. The highest BCUT2D eigenvalue weighted by Crippen LogP contribution is 2.17. The van der Waals surface area contributed by atoms with E-state index in [1.165, 1.54) is 22.3 Å². The minimum Gasteiger partial charge on any atom is -0.352 e. The molecule has 0 aromatic heterocycles. The van der Waals surface area contributed by atoms with Crippen LogP contribution < -0.4 is 10.6 Å². The lowest BCUT2D eigenvalue weighted by atomic mass is 10.1. The van der Waals surface area contributed by atoms with Gasteiger partial charge >= 0.3 is 0 Å². The minimum absolute atomic E-state index is 0. The smallest absolute Gasteiger partial charge is 0.222 e. The molecule has 0 bridgehead atoms. The fraction of sp³-hybridized carbons (Fsp3) is 0.364. The first kappa shape index (κ1) is 22.2. The normalized spacial score (nSPS) is 14.0. The van der Waals surface area contributed by atoms with Crippen molar-refractivity contribution in [1.82, 2.24) is 15.5 Å². The summed E-state index contributed by atoms with van der Waals surface area (Å²) in [6, 6.07) is 16.6. The molecule has 6 heteroatoms. The molecule has 1 fully saturated rings. The van der Waals surface area contributed by atoms with Gasteiger partial charge in [-0.3, -0.25) is 9.79 Å². The molecule has 2 aromatic rings. The van der Waals surface area contributed by atoms with Gasteiger partial charge in [0.15, 0.2) is 5.96 Å².